The third kappa shape index (κ3) is 2.85. The topological polar surface area (TPSA) is 34.1 Å². The van der Waals surface area contributed by atoms with Gasteiger partial charge in [0.1, 0.15) is 0 Å². The molecule has 2 aliphatic carbocycles. The zero-order valence-electron chi connectivity index (χ0n) is 12.3. The lowest BCUT2D eigenvalue weighted by Crippen LogP contribution is -2.06. The van der Waals surface area contributed by atoms with Gasteiger partial charge in [0.15, 0.2) is 11.6 Å². The van der Waals surface area contributed by atoms with Crippen molar-refractivity contribution in [2.75, 3.05) is 0 Å². The molecule has 0 amide bonds. The summed E-state index contributed by atoms with van der Waals surface area (Å²) in [5.74, 6) is 0.203. The Morgan fingerprint density at radius 2 is 0.850 bits per heavy atom. The number of carbonyl (C=O) groups excluding carboxylic acids is 2. The maximum absolute atomic E-state index is 11.7. The van der Waals surface area contributed by atoms with Crippen molar-refractivity contribution < 1.29 is 9.59 Å². The van der Waals surface area contributed by atoms with Crippen LogP contribution in [0.5, 0.6) is 0 Å². The van der Waals surface area contributed by atoms with Crippen molar-refractivity contribution in [3.63, 3.8) is 0 Å². The monoisotopic (exact) mass is 266 g/mol. The first-order valence-electron chi connectivity index (χ1n) is 6.63. The molecule has 0 saturated carbocycles. The Balaban J connectivity index is 2.32. The van der Waals surface area contributed by atoms with E-state index in [1.165, 1.54) is 0 Å². The van der Waals surface area contributed by atoms with Gasteiger partial charge in [-0.2, -0.15) is 0 Å². The van der Waals surface area contributed by atoms with Gasteiger partial charge in [-0.25, -0.2) is 0 Å². The quantitative estimate of drug-likeness (QED) is 0.723. The highest BCUT2D eigenvalue weighted by Gasteiger charge is 2.13. The van der Waals surface area contributed by atoms with Crippen molar-refractivity contribution in [1.82, 2.24) is 0 Å². The Morgan fingerprint density at radius 3 is 1.10 bits per heavy atom. The molecule has 2 nitrogen and oxygen atoms in total. The van der Waals surface area contributed by atoms with Crippen LogP contribution in [0, 0.1) is 0 Å². The van der Waals surface area contributed by atoms with Crippen molar-refractivity contribution in [2.45, 2.75) is 27.7 Å². The number of allylic oxidation sites excluding steroid dienone is 12. The van der Waals surface area contributed by atoms with Gasteiger partial charge in [0.05, 0.1) is 0 Å². The summed E-state index contributed by atoms with van der Waals surface area (Å²) >= 11 is 0. The SMILES string of the molecule is CC1=CC(=CC=C2C=C(C)C(=O)C(C)=C2)C=C(C)C1=O. The van der Waals surface area contributed by atoms with E-state index in [0.29, 0.717) is 0 Å². The minimum absolute atomic E-state index is 0.101. The lowest BCUT2D eigenvalue weighted by atomic mass is 9.93. The standard InChI is InChI=1S/C18H18O2/c1-11-7-15(8-12(2)17(11)19)5-6-16-9-13(3)18(20)14(4)10-16/h5-10H,1-4H3. The largest absolute Gasteiger partial charge is 0.289 e. The highest BCUT2D eigenvalue weighted by atomic mass is 16.1. The Labute approximate surface area is 119 Å². The highest BCUT2D eigenvalue weighted by Crippen LogP contribution is 2.21. The summed E-state index contributed by atoms with van der Waals surface area (Å²) in [6.07, 6.45) is 11.5. The fraction of sp³-hybridized carbons (Fsp3) is 0.222. The molecule has 0 fully saturated rings. The third-order valence-corrected chi connectivity index (χ3v) is 3.43. The molecule has 0 aromatic rings. The number of Topliss-reactive ketones (excluding diaryl/α,β-unsaturated/α-hetero) is 2. The fourth-order valence-corrected chi connectivity index (χ4v) is 2.35. The van der Waals surface area contributed by atoms with E-state index in [4.69, 9.17) is 0 Å². The normalized spacial score (nSPS) is 19.2. The molecule has 0 heterocycles. The first-order chi connectivity index (χ1) is 9.38. The van der Waals surface area contributed by atoms with E-state index in [0.717, 1.165) is 33.4 Å². The number of rotatable bonds is 1. The number of ketones is 2. The molecule has 2 aliphatic rings. The van der Waals surface area contributed by atoms with E-state index < -0.39 is 0 Å². The summed E-state index contributed by atoms with van der Waals surface area (Å²) in [4.78, 5) is 23.3. The second-order valence-corrected chi connectivity index (χ2v) is 5.30. The van der Waals surface area contributed by atoms with Crippen molar-refractivity contribution in [2.24, 2.45) is 0 Å². The highest BCUT2D eigenvalue weighted by molar-refractivity contribution is 6.10. The van der Waals surface area contributed by atoms with Crippen LogP contribution in [0.1, 0.15) is 27.7 Å². The second-order valence-electron chi connectivity index (χ2n) is 5.30. The van der Waals surface area contributed by atoms with Crippen LogP contribution in [-0.4, -0.2) is 11.6 Å². The van der Waals surface area contributed by atoms with Crippen LogP contribution < -0.4 is 0 Å². The molecule has 0 atom stereocenters. The van der Waals surface area contributed by atoms with Gasteiger partial charge < -0.3 is 0 Å². The molecule has 0 aromatic carbocycles. The lowest BCUT2D eigenvalue weighted by molar-refractivity contribution is -0.113. The molecule has 0 N–H and O–H groups in total. The van der Waals surface area contributed by atoms with Gasteiger partial charge in [-0.15, -0.1) is 0 Å². The van der Waals surface area contributed by atoms with Crippen LogP contribution in [0.25, 0.3) is 0 Å². The molecule has 0 bridgehead atoms. The molecule has 20 heavy (non-hydrogen) atoms. The first kappa shape index (κ1) is 14.2. The second kappa shape index (κ2) is 5.41. The maximum atomic E-state index is 11.7. The Morgan fingerprint density at radius 1 is 0.600 bits per heavy atom. The van der Waals surface area contributed by atoms with Gasteiger partial charge in [-0.1, -0.05) is 12.2 Å². The van der Waals surface area contributed by atoms with Gasteiger partial charge in [0, 0.05) is 0 Å². The van der Waals surface area contributed by atoms with Crippen molar-refractivity contribution in [1.29, 1.82) is 0 Å². The zero-order valence-corrected chi connectivity index (χ0v) is 12.3. The fourth-order valence-electron chi connectivity index (χ4n) is 2.35. The van der Waals surface area contributed by atoms with E-state index in [-0.39, 0.29) is 11.6 Å². The molecule has 0 saturated heterocycles. The average Bonchev–Trinajstić information content (AvgIpc) is 2.39. The van der Waals surface area contributed by atoms with Crippen molar-refractivity contribution in [3.05, 3.63) is 69.9 Å². The molecule has 0 aliphatic heterocycles. The lowest BCUT2D eigenvalue weighted by Gasteiger charge is -2.10. The van der Waals surface area contributed by atoms with Crippen LogP contribution in [0.3, 0.4) is 0 Å². The number of carbonyl (C=O) groups is 2. The average molecular weight is 266 g/mol. The van der Waals surface area contributed by atoms with Gasteiger partial charge >= 0.3 is 0 Å². The summed E-state index contributed by atoms with van der Waals surface area (Å²) in [6, 6.07) is 0. The van der Waals surface area contributed by atoms with E-state index in [1.54, 1.807) is 0 Å². The molecule has 0 spiro atoms. The smallest absolute Gasteiger partial charge is 0.184 e. The zero-order chi connectivity index (χ0) is 14.9. The molecule has 2 heteroatoms. The molecular formula is C18H18O2. The van der Waals surface area contributed by atoms with Crippen molar-refractivity contribution >= 4 is 11.6 Å². The van der Waals surface area contributed by atoms with Gasteiger partial charge in [-0.05, 0) is 85.4 Å². The summed E-state index contributed by atoms with van der Waals surface area (Å²) in [6.45, 7) is 7.31. The predicted octanol–water partition coefficient (Wildman–Crippen LogP) is 3.79. The van der Waals surface area contributed by atoms with E-state index >= 15 is 0 Å². The van der Waals surface area contributed by atoms with E-state index in [1.807, 2.05) is 64.2 Å². The molecule has 102 valence electrons. The predicted molar refractivity (Wildman–Crippen MR) is 81.2 cm³/mol. The third-order valence-electron chi connectivity index (χ3n) is 3.43. The van der Waals surface area contributed by atoms with Gasteiger partial charge in [0.25, 0.3) is 0 Å². The van der Waals surface area contributed by atoms with E-state index in [2.05, 4.69) is 0 Å². The summed E-state index contributed by atoms with van der Waals surface area (Å²) in [7, 11) is 0. The molecule has 0 unspecified atom stereocenters. The minimum Gasteiger partial charge on any atom is -0.289 e. The summed E-state index contributed by atoms with van der Waals surface area (Å²) < 4.78 is 0. The Bertz CT molecular complexity index is 566. The Hall–Kier alpha value is -2.22. The molecular weight excluding hydrogens is 248 g/mol. The van der Waals surface area contributed by atoms with Gasteiger partial charge in [0.2, 0.25) is 0 Å². The summed E-state index contributed by atoms with van der Waals surface area (Å²) in [5.41, 5.74) is 5.03. The number of hydrogen-bond donors (Lipinski definition) is 0. The van der Waals surface area contributed by atoms with Crippen LogP contribution in [0.4, 0.5) is 0 Å². The maximum Gasteiger partial charge on any atom is 0.184 e. The van der Waals surface area contributed by atoms with Crippen LogP contribution in [0.15, 0.2) is 69.9 Å². The Kier molecular flexibility index (Phi) is 3.84. The van der Waals surface area contributed by atoms with Crippen LogP contribution >= 0.6 is 0 Å². The van der Waals surface area contributed by atoms with Crippen molar-refractivity contribution in [3.8, 4) is 0 Å². The molecule has 0 radical (unpaired) electrons. The van der Waals surface area contributed by atoms with E-state index in [9.17, 15) is 9.59 Å². The van der Waals surface area contributed by atoms with Gasteiger partial charge in [-0.3, -0.25) is 9.59 Å². The first-order valence-corrected chi connectivity index (χ1v) is 6.63. The molecule has 2 rings (SSSR count). The van der Waals surface area contributed by atoms with Crippen LogP contribution in [-0.2, 0) is 9.59 Å². The summed E-state index contributed by atoms with van der Waals surface area (Å²) in [5, 5.41) is 0. The number of hydrogen-bond acceptors (Lipinski definition) is 2. The minimum atomic E-state index is 0.101. The van der Waals surface area contributed by atoms with Crippen LogP contribution in [0.2, 0.25) is 0 Å². The molecule has 0 aromatic heterocycles.